The molecule has 25 heavy (non-hydrogen) atoms. The van der Waals surface area contributed by atoms with Crippen LogP contribution in [-0.2, 0) is 11.2 Å². The molecule has 0 aliphatic carbocycles. The molecule has 3 heterocycles. The summed E-state index contributed by atoms with van der Waals surface area (Å²) in [6.07, 6.45) is 4.25. The Labute approximate surface area is 143 Å². The molecule has 1 saturated heterocycles. The average molecular weight is 342 g/mol. The highest BCUT2D eigenvalue weighted by molar-refractivity contribution is 5.85. The second-order valence-corrected chi connectivity index (χ2v) is 6.43. The number of hydrogen-bond donors (Lipinski definition) is 1. The quantitative estimate of drug-likeness (QED) is 0.575. The topological polar surface area (TPSA) is 107 Å². The fourth-order valence-electron chi connectivity index (χ4n) is 3.32. The highest BCUT2D eigenvalue weighted by Crippen LogP contribution is 2.29. The number of nitro benzene ring substituents is 1. The van der Waals surface area contributed by atoms with Gasteiger partial charge in [0.2, 0.25) is 5.89 Å². The van der Waals surface area contributed by atoms with Gasteiger partial charge < -0.3 is 14.2 Å². The van der Waals surface area contributed by atoms with Crippen molar-refractivity contribution < 1.29 is 14.2 Å². The number of fused-ring (bicyclic) bond motifs is 1. The molecule has 130 valence electrons. The van der Waals surface area contributed by atoms with Gasteiger partial charge in [-0.05, 0) is 31.4 Å². The molecule has 2 atom stereocenters. The zero-order chi connectivity index (χ0) is 17.4. The Morgan fingerprint density at radius 1 is 1.44 bits per heavy atom. The predicted octanol–water partition coefficient (Wildman–Crippen LogP) is 3.33. The van der Waals surface area contributed by atoms with Gasteiger partial charge in [0.25, 0.3) is 5.69 Å². The molecule has 4 rings (SSSR count). The Bertz CT molecular complexity index is 916. The lowest BCUT2D eigenvalue weighted by Gasteiger charge is -2.24. The van der Waals surface area contributed by atoms with Crippen molar-refractivity contribution in [2.24, 2.45) is 0 Å². The van der Waals surface area contributed by atoms with Crippen molar-refractivity contribution in [2.45, 2.75) is 38.2 Å². The molecule has 0 spiro atoms. The summed E-state index contributed by atoms with van der Waals surface area (Å²) in [7, 11) is 0. The SMILES string of the molecule is C[C@@H]1C[C@@H](c2nc(Cc3c[nH]c4ccc([N+](=O)[O-])cc34)no2)CCO1. The third-order valence-electron chi connectivity index (χ3n) is 4.63. The van der Waals surface area contributed by atoms with E-state index in [9.17, 15) is 10.1 Å². The zero-order valence-electron chi connectivity index (χ0n) is 13.8. The van der Waals surface area contributed by atoms with E-state index >= 15 is 0 Å². The zero-order valence-corrected chi connectivity index (χ0v) is 13.8. The van der Waals surface area contributed by atoms with E-state index in [0.717, 1.165) is 29.3 Å². The van der Waals surface area contributed by atoms with Crippen LogP contribution in [-0.4, -0.2) is 32.8 Å². The standard InChI is InChI=1S/C17H18N4O4/c1-10-6-11(4-5-24-10)17-19-16(20-25-17)7-12-9-18-15-3-2-13(21(22)23)8-14(12)15/h2-3,8-11,18H,4-7H2,1H3/t10-,11+/m1/s1. The lowest BCUT2D eigenvalue weighted by molar-refractivity contribution is -0.384. The van der Waals surface area contributed by atoms with E-state index < -0.39 is 4.92 Å². The smallest absolute Gasteiger partial charge is 0.270 e. The summed E-state index contributed by atoms with van der Waals surface area (Å²) >= 11 is 0. The molecule has 0 unspecified atom stereocenters. The fourth-order valence-corrected chi connectivity index (χ4v) is 3.32. The van der Waals surface area contributed by atoms with E-state index in [-0.39, 0.29) is 17.7 Å². The number of nitrogens with one attached hydrogen (secondary N) is 1. The van der Waals surface area contributed by atoms with E-state index in [4.69, 9.17) is 9.26 Å². The molecule has 0 radical (unpaired) electrons. The Morgan fingerprint density at radius 3 is 3.12 bits per heavy atom. The Balaban J connectivity index is 1.57. The van der Waals surface area contributed by atoms with Crippen molar-refractivity contribution in [3.8, 4) is 0 Å². The molecule has 0 saturated carbocycles. The van der Waals surface area contributed by atoms with E-state index in [1.54, 1.807) is 12.1 Å². The maximum absolute atomic E-state index is 11.0. The summed E-state index contributed by atoms with van der Waals surface area (Å²) in [4.78, 5) is 18.2. The van der Waals surface area contributed by atoms with Gasteiger partial charge in [0.05, 0.1) is 11.0 Å². The van der Waals surface area contributed by atoms with Crippen LogP contribution in [0.15, 0.2) is 28.9 Å². The summed E-state index contributed by atoms with van der Waals surface area (Å²) in [6, 6.07) is 4.77. The van der Waals surface area contributed by atoms with Gasteiger partial charge in [-0.15, -0.1) is 0 Å². The highest BCUT2D eigenvalue weighted by atomic mass is 16.6. The van der Waals surface area contributed by atoms with Gasteiger partial charge in [-0.2, -0.15) is 4.98 Å². The Kier molecular flexibility index (Phi) is 3.96. The molecule has 1 aliphatic heterocycles. The summed E-state index contributed by atoms with van der Waals surface area (Å²) in [5, 5.41) is 15.9. The van der Waals surface area contributed by atoms with Gasteiger partial charge in [0, 0.05) is 48.2 Å². The number of benzene rings is 1. The number of aromatic nitrogens is 3. The van der Waals surface area contributed by atoms with E-state index in [1.807, 2.05) is 13.1 Å². The van der Waals surface area contributed by atoms with Crippen LogP contribution in [0.5, 0.6) is 0 Å². The molecule has 1 aromatic carbocycles. The Hall–Kier alpha value is -2.74. The van der Waals surface area contributed by atoms with Crippen molar-refractivity contribution in [2.75, 3.05) is 6.61 Å². The molecule has 0 amide bonds. The first-order chi connectivity index (χ1) is 12.1. The fraction of sp³-hybridized carbons (Fsp3) is 0.412. The van der Waals surface area contributed by atoms with Gasteiger partial charge in [0.1, 0.15) is 0 Å². The van der Waals surface area contributed by atoms with Crippen molar-refractivity contribution in [1.29, 1.82) is 0 Å². The van der Waals surface area contributed by atoms with Crippen LogP contribution in [0.1, 0.15) is 43.0 Å². The molecular weight excluding hydrogens is 324 g/mol. The first-order valence-corrected chi connectivity index (χ1v) is 8.28. The van der Waals surface area contributed by atoms with Gasteiger partial charge in [0.15, 0.2) is 5.82 Å². The lowest BCUT2D eigenvalue weighted by atomic mass is 9.96. The number of rotatable bonds is 4. The number of non-ortho nitro benzene ring substituents is 1. The number of nitrogens with zero attached hydrogens (tertiary/aromatic N) is 3. The molecule has 1 aliphatic rings. The highest BCUT2D eigenvalue weighted by Gasteiger charge is 2.26. The van der Waals surface area contributed by atoms with Crippen molar-refractivity contribution in [1.82, 2.24) is 15.1 Å². The number of H-pyrrole nitrogens is 1. The molecular formula is C17H18N4O4. The molecule has 1 N–H and O–H groups in total. The van der Waals surface area contributed by atoms with E-state index in [1.165, 1.54) is 6.07 Å². The minimum atomic E-state index is -0.394. The van der Waals surface area contributed by atoms with Crippen LogP contribution < -0.4 is 0 Å². The molecule has 0 bridgehead atoms. The molecule has 3 aromatic rings. The lowest BCUT2D eigenvalue weighted by Crippen LogP contribution is -2.21. The summed E-state index contributed by atoms with van der Waals surface area (Å²) < 4.78 is 11.0. The monoisotopic (exact) mass is 342 g/mol. The second kappa shape index (κ2) is 6.29. The third-order valence-corrected chi connectivity index (χ3v) is 4.63. The summed E-state index contributed by atoms with van der Waals surface area (Å²) in [5.41, 5.74) is 1.83. The first kappa shape index (κ1) is 15.8. The van der Waals surface area contributed by atoms with Crippen LogP contribution in [0.2, 0.25) is 0 Å². The van der Waals surface area contributed by atoms with Crippen LogP contribution in [0.4, 0.5) is 5.69 Å². The van der Waals surface area contributed by atoms with Crippen LogP contribution in [0.3, 0.4) is 0 Å². The summed E-state index contributed by atoms with van der Waals surface area (Å²) in [6.45, 7) is 2.75. The van der Waals surface area contributed by atoms with E-state index in [0.29, 0.717) is 24.7 Å². The van der Waals surface area contributed by atoms with Crippen LogP contribution in [0.25, 0.3) is 10.9 Å². The molecule has 2 aromatic heterocycles. The number of aromatic amines is 1. The van der Waals surface area contributed by atoms with Crippen molar-refractivity contribution in [3.05, 3.63) is 51.8 Å². The maximum atomic E-state index is 11.0. The minimum Gasteiger partial charge on any atom is -0.378 e. The molecule has 8 heteroatoms. The number of ether oxygens (including phenoxy) is 1. The van der Waals surface area contributed by atoms with E-state index in [2.05, 4.69) is 15.1 Å². The number of nitro groups is 1. The largest absolute Gasteiger partial charge is 0.378 e. The Morgan fingerprint density at radius 2 is 2.32 bits per heavy atom. The third kappa shape index (κ3) is 3.12. The summed E-state index contributed by atoms with van der Waals surface area (Å²) in [5.74, 6) is 1.46. The minimum absolute atomic E-state index is 0.0679. The average Bonchev–Trinajstić information content (AvgIpc) is 3.22. The predicted molar refractivity (Wildman–Crippen MR) is 89.4 cm³/mol. The van der Waals surface area contributed by atoms with Crippen molar-refractivity contribution in [3.63, 3.8) is 0 Å². The van der Waals surface area contributed by atoms with Crippen LogP contribution >= 0.6 is 0 Å². The van der Waals surface area contributed by atoms with Gasteiger partial charge in [-0.25, -0.2) is 0 Å². The second-order valence-electron chi connectivity index (χ2n) is 6.43. The molecule has 8 nitrogen and oxygen atoms in total. The normalized spacial score (nSPS) is 20.8. The maximum Gasteiger partial charge on any atom is 0.270 e. The van der Waals surface area contributed by atoms with Gasteiger partial charge >= 0.3 is 0 Å². The van der Waals surface area contributed by atoms with Crippen molar-refractivity contribution >= 4 is 16.6 Å². The van der Waals surface area contributed by atoms with Gasteiger partial charge in [-0.3, -0.25) is 10.1 Å². The number of hydrogen-bond acceptors (Lipinski definition) is 6. The molecule has 1 fully saturated rings. The van der Waals surface area contributed by atoms with Crippen LogP contribution in [0, 0.1) is 10.1 Å². The van der Waals surface area contributed by atoms with Gasteiger partial charge in [-0.1, -0.05) is 5.16 Å². The first-order valence-electron chi connectivity index (χ1n) is 8.28.